The maximum absolute atomic E-state index is 6.29. The van der Waals surface area contributed by atoms with Gasteiger partial charge in [0.2, 0.25) is 0 Å². The fraction of sp³-hybridized carbons (Fsp3) is 0.583. The van der Waals surface area contributed by atoms with Crippen LogP contribution < -0.4 is 0 Å². The van der Waals surface area contributed by atoms with Crippen LogP contribution in [-0.2, 0) is 27.4 Å². The molecule has 1 unspecified atom stereocenters. The Morgan fingerprint density at radius 1 is 1.10 bits per heavy atom. The summed E-state index contributed by atoms with van der Waals surface area (Å²) in [6, 6.07) is 14.8. The summed E-state index contributed by atoms with van der Waals surface area (Å²) in [5.41, 5.74) is 1.23. The standard InChI is InChI=1S/C24H33NO3S/c1-20-7-8-23(29-20)18-25-12-10-24(11-13-25)17-22(9-14-28-24)27-16-15-26-19-21-5-3-2-4-6-21/h2-8,22H,9-19H2,1H3. The second-order valence-corrected chi connectivity index (χ2v) is 9.72. The number of rotatable bonds is 8. The van der Waals surface area contributed by atoms with Crippen molar-refractivity contribution in [2.24, 2.45) is 0 Å². The molecule has 0 bridgehead atoms. The number of nitrogens with zero attached hydrogens (tertiary/aromatic N) is 1. The third kappa shape index (κ3) is 6.12. The van der Waals surface area contributed by atoms with E-state index in [4.69, 9.17) is 14.2 Å². The molecule has 3 heterocycles. The lowest BCUT2D eigenvalue weighted by molar-refractivity contribution is -0.158. The normalized spacial score (nSPS) is 22.2. The van der Waals surface area contributed by atoms with E-state index < -0.39 is 0 Å². The van der Waals surface area contributed by atoms with Gasteiger partial charge in [-0.15, -0.1) is 11.3 Å². The fourth-order valence-corrected chi connectivity index (χ4v) is 5.35. The predicted molar refractivity (Wildman–Crippen MR) is 117 cm³/mol. The van der Waals surface area contributed by atoms with Crippen molar-refractivity contribution in [1.29, 1.82) is 0 Å². The summed E-state index contributed by atoms with van der Waals surface area (Å²) in [6.45, 7) is 8.27. The van der Waals surface area contributed by atoms with E-state index in [2.05, 4.69) is 36.1 Å². The van der Waals surface area contributed by atoms with Crippen LogP contribution in [0.15, 0.2) is 42.5 Å². The molecule has 1 spiro atoms. The number of ether oxygens (including phenoxy) is 3. The summed E-state index contributed by atoms with van der Waals surface area (Å²) >= 11 is 1.92. The molecule has 29 heavy (non-hydrogen) atoms. The Hall–Kier alpha value is -1.24. The Bertz CT molecular complexity index is 740. The second kappa shape index (κ2) is 10.2. The smallest absolute Gasteiger partial charge is 0.0731 e. The van der Waals surface area contributed by atoms with E-state index in [1.54, 1.807) is 0 Å². The zero-order valence-electron chi connectivity index (χ0n) is 17.5. The van der Waals surface area contributed by atoms with Gasteiger partial charge in [0.1, 0.15) is 0 Å². The highest BCUT2D eigenvalue weighted by molar-refractivity contribution is 7.11. The number of hydrogen-bond donors (Lipinski definition) is 0. The zero-order chi connectivity index (χ0) is 19.9. The van der Waals surface area contributed by atoms with Gasteiger partial charge in [0.25, 0.3) is 0 Å². The third-order valence-corrected chi connectivity index (χ3v) is 7.07. The molecule has 1 aromatic heterocycles. The summed E-state index contributed by atoms with van der Waals surface area (Å²) in [5.74, 6) is 0. The van der Waals surface area contributed by atoms with Crippen molar-refractivity contribution >= 4 is 11.3 Å². The molecule has 0 amide bonds. The van der Waals surface area contributed by atoms with E-state index in [0.29, 0.717) is 25.9 Å². The Kier molecular flexibility index (Phi) is 7.38. The van der Waals surface area contributed by atoms with Crippen LogP contribution >= 0.6 is 11.3 Å². The van der Waals surface area contributed by atoms with E-state index in [1.165, 1.54) is 15.3 Å². The molecule has 5 heteroatoms. The quantitative estimate of drug-likeness (QED) is 0.579. The molecule has 4 nitrogen and oxygen atoms in total. The van der Waals surface area contributed by atoms with Gasteiger partial charge in [-0.2, -0.15) is 0 Å². The van der Waals surface area contributed by atoms with Gasteiger partial charge in [-0.1, -0.05) is 30.3 Å². The Morgan fingerprint density at radius 2 is 1.93 bits per heavy atom. The highest BCUT2D eigenvalue weighted by Gasteiger charge is 2.40. The summed E-state index contributed by atoms with van der Waals surface area (Å²) < 4.78 is 18.2. The van der Waals surface area contributed by atoms with E-state index in [0.717, 1.165) is 51.9 Å². The van der Waals surface area contributed by atoms with Crippen molar-refractivity contribution in [3.63, 3.8) is 0 Å². The number of hydrogen-bond acceptors (Lipinski definition) is 5. The molecule has 0 saturated carbocycles. The lowest BCUT2D eigenvalue weighted by atomic mass is 9.83. The molecule has 4 rings (SSSR count). The molecule has 2 saturated heterocycles. The average Bonchev–Trinajstić information content (AvgIpc) is 3.15. The molecular weight excluding hydrogens is 382 g/mol. The van der Waals surface area contributed by atoms with Gasteiger partial charge in [-0.3, -0.25) is 4.90 Å². The van der Waals surface area contributed by atoms with Crippen molar-refractivity contribution in [3.8, 4) is 0 Å². The van der Waals surface area contributed by atoms with Gasteiger partial charge >= 0.3 is 0 Å². The van der Waals surface area contributed by atoms with E-state index in [9.17, 15) is 0 Å². The van der Waals surface area contributed by atoms with Crippen molar-refractivity contribution < 1.29 is 14.2 Å². The van der Waals surface area contributed by atoms with E-state index in [1.807, 2.05) is 29.5 Å². The molecule has 2 aliphatic rings. The van der Waals surface area contributed by atoms with Gasteiger partial charge in [0, 0.05) is 42.4 Å². The number of piperidine rings is 1. The zero-order valence-corrected chi connectivity index (χ0v) is 18.3. The van der Waals surface area contributed by atoms with E-state index >= 15 is 0 Å². The first-order chi connectivity index (χ1) is 14.2. The summed E-state index contributed by atoms with van der Waals surface area (Å²) in [7, 11) is 0. The highest BCUT2D eigenvalue weighted by atomic mass is 32.1. The van der Waals surface area contributed by atoms with Crippen LogP contribution in [0.2, 0.25) is 0 Å². The lowest BCUT2D eigenvalue weighted by Gasteiger charge is -2.46. The average molecular weight is 416 g/mol. The molecule has 0 N–H and O–H groups in total. The van der Waals surface area contributed by atoms with Crippen molar-refractivity contribution in [3.05, 3.63) is 57.8 Å². The third-order valence-electron chi connectivity index (χ3n) is 6.08. The van der Waals surface area contributed by atoms with Crippen LogP contribution in [-0.4, -0.2) is 49.5 Å². The van der Waals surface area contributed by atoms with Crippen LogP contribution in [0.4, 0.5) is 0 Å². The molecular formula is C24H33NO3S. The molecule has 0 radical (unpaired) electrons. The minimum absolute atomic E-state index is 0.0235. The SMILES string of the molecule is Cc1ccc(CN2CCC3(CC2)CC(OCCOCc2ccccc2)CCO3)s1. The number of benzene rings is 1. The van der Waals surface area contributed by atoms with Crippen molar-refractivity contribution in [1.82, 2.24) is 4.90 Å². The van der Waals surface area contributed by atoms with Crippen molar-refractivity contribution in [2.45, 2.75) is 57.5 Å². The maximum Gasteiger partial charge on any atom is 0.0731 e. The minimum atomic E-state index is 0.0235. The monoisotopic (exact) mass is 415 g/mol. The van der Waals surface area contributed by atoms with Gasteiger partial charge < -0.3 is 14.2 Å². The van der Waals surface area contributed by atoms with Gasteiger partial charge in [0.05, 0.1) is 31.5 Å². The van der Waals surface area contributed by atoms with Gasteiger partial charge in [-0.05, 0) is 43.9 Å². The van der Waals surface area contributed by atoms with Crippen LogP contribution in [0.5, 0.6) is 0 Å². The van der Waals surface area contributed by atoms with Crippen molar-refractivity contribution in [2.75, 3.05) is 32.9 Å². The first kappa shape index (κ1) is 21.0. The highest BCUT2D eigenvalue weighted by Crippen LogP contribution is 2.36. The Balaban J connectivity index is 1.16. The largest absolute Gasteiger partial charge is 0.376 e. The van der Waals surface area contributed by atoms with Crippen LogP contribution in [0, 0.1) is 6.92 Å². The van der Waals surface area contributed by atoms with Crippen LogP contribution in [0.1, 0.15) is 41.0 Å². The molecule has 2 aliphatic heterocycles. The van der Waals surface area contributed by atoms with Crippen LogP contribution in [0.25, 0.3) is 0 Å². The summed E-state index contributed by atoms with van der Waals surface area (Å²) in [5, 5.41) is 0. The lowest BCUT2D eigenvalue weighted by Crippen LogP contribution is -2.50. The number of likely N-dealkylation sites (tertiary alicyclic amines) is 1. The first-order valence-corrected chi connectivity index (χ1v) is 11.7. The second-order valence-electron chi connectivity index (χ2n) is 8.34. The molecule has 2 aromatic rings. The van der Waals surface area contributed by atoms with E-state index in [-0.39, 0.29) is 5.60 Å². The number of thiophene rings is 1. The fourth-order valence-electron chi connectivity index (χ4n) is 4.42. The molecule has 158 valence electrons. The Morgan fingerprint density at radius 3 is 2.69 bits per heavy atom. The topological polar surface area (TPSA) is 30.9 Å². The van der Waals surface area contributed by atoms with Gasteiger partial charge in [-0.25, -0.2) is 0 Å². The van der Waals surface area contributed by atoms with Crippen LogP contribution in [0.3, 0.4) is 0 Å². The molecule has 1 atom stereocenters. The first-order valence-electron chi connectivity index (χ1n) is 10.9. The molecule has 1 aromatic carbocycles. The van der Waals surface area contributed by atoms with Gasteiger partial charge in [0.15, 0.2) is 0 Å². The summed E-state index contributed by atoms with van der Waals surface area (Å²) in [6.07, 6.45) is 4.55. The maximum atomic E-state index is 6.29. The predicted octanol–water partition coefficient (Wildman–Crippen LogP) is 4.80. The Labute approximate surface area is 178 Å². The number of aryl methyl sites for hydroxylation is 1. The summed E-state index contributed by atoms with van der Waals surface area (Å²) in [4.78, 5) is 5.44. The minimum Gasteiger partial charge on any atom is -0.376 e. The molecule has 2 fully saturated rings. The molecule has 0 aliphatic carbocycles.